The summed E-state index contributed by atoms with van der Waals surface area (Å²) in [5.74, 6) is 1.73. The number of nitrogens with one attached hydrogen (secondary N) is 1. The molecule has 30 heavy (non-hydrogen) atoms. The molecule has 1 aliphatic heterocycles. The summed E-state index contributed by atoms with van der Waals surface area (Å²) in [4.78, 5) is 13.6. The van der Waals surface area contributed by atoms with Gasteiger partial charge in [-0.25, -0.2) is 4.98 Å². The van der Waals surface area contributed by atoms with Gasteiger partial charge in [0.2, 0.25) is 0 Å². The van der Waals surface area contributed by atoms with Crippen molar-refractivity contribution in [3.63, 3.8) is 0 Å². The molecule has 4 heterocycles. The molecule has 0 bridgehead atoms. The van der Waals surface area contributed by atoms with Crippen LogP contribution < -0.4 is 20.5 Å². The van der Waals surface area contributed by atoms with Crippen LogP contribution in [-0.4, -0.2) is 41.8 Å². The number of anilines is 1. The third-order valence-electron chi connectivity index (χ3n) is 5.58. The van der Waals surface area contributed by atoms with E-state index in [1.54, 1.807) is 20.4 Å². The van der Waals surface area contributed by atoms with Gasteiger partial charge in [0.1, 0.15) is 5.82 Å². The molecule has 152 valence electrons. The van der Waals surface area contributed by atoms with Crippen LogP contribution in [0.1, 0.15) is 12.0 Å². The number of hydrogen-bond donors (Lipinski definition) is 2. The predicted molar refractivity (Wildman–Crippen MR) is 118 cm³/mol. The first-order valence-corrected chi connectivity index (χ1v) is 9.95. The SMILES string of the molecule is COc1cc2ncc3c(N)nc(-c4cncc(CC[C@@H]5CN5)c4)cc3c2cc1OC. The molecule has 0 amide bonds. The van der Waals surface area contributed by atoms with E-state index in [0.717, 1.165) is 52.3 Å². The fraction of sp³-hybridized carbons (Fsp3) is 0.261. The molecule has 0 unspecified atom stereocenters. The lowest BCUT2D eigenvalue weighted by Gasteiger charge is -2.12. The first-order valence-electron chi connectivity index (χ1n) is 9.95. The monoisotopic (exact) mass is 401 g/mol. The Morgan fingerprint density at radius 1 is 1.00 bits per heavy atom. The second kappa shape index (κ2) is 7.42. The van der Waals surface area contributed by atoms with Gasteiger partial charge in [-0.1, -0.05) is 0 Å². The number of methoxy groups -OCH3 is 2. The molecule has 3 aromatic heterocycles. The molecule has 1 aromatic carbocycles. The van der Waals surface area contributed by atoms with Crippen molar-refractivity contribution in [1.29, 1.82) is 0 Å². The lowest BCUT2D eigenvalue weighted by atomic mass is 10.0. The van der Waals surface area contributed by atoms with E-state index in [0.29, 0.717) is 23.4 Å². The summed E-state index contributed by atoms with van der Waals surface area (Å²) in [6.07, 6.45) is 7.63. The van der Waals surface area contributed by atoms with Crippen LogP contribution in [0.4, 0.5) is 5.82 Å². The average molecular weight is 401 g/mol. The highest BCUT2D eigenvalue weighted by atomic mass is 16.5. The van der Waals surface area contributed by atoms with E-state index >= 15 is 0 Å². The fourth-order valence-corrected chi connectivity index (χ4v) is 3.80. The maximum Gasteiger partial charge on any atom is 0.162 e. The molecule has 0 radical (unpaired) electrons. The number of ether oxygens (including phenoxy) is 2. The summed E-state index contributed by atoms with van der Waals surface area (Å²) in [6, 6.07) is 8.65. The lowest BCUT2D eigenvalue weighted by molar-refractivity contribution is 0.356. The van der Waals surface area contributed by atoms with E-state index in [1.165, 1.54) is 5.56 Å². The molecule has 3 N–H and O–H groups in total. The molecule has 0 spiro atoms. The van der Waals surface area contributed by atoms with Crippen molar-refractivity contribution in [2.45, 2.75) is 18.9 Å². The van der Waals surface area contributed by atoms with Gasteiger partial charge in [0.25, 0.3) is 0 Å². The van der Waals surface area contributed by atoms with Gasteiger partial charge in [0.05, 0.1) is 25.4 Å². The summed E-state index contributed by atoms with van der Waals surface area (Å²) in [5.41, 5.74) is 10.1. The number of nitrogen functional groups attached to an aromatic ring is 1. The van der Waals surface area contributed by atoms with Crippen molar-refractivity contribution in [3.05, 3.63) is 48.4 Å². The Kier molecular flexibility index (Phi) is 4.59. The molecule has 0 saturated carbocycles. The van der Waals surface area contributed by atoms with Crippen molar-refractivity contribution in [2.75, 3.05) is 26.5 Å². The largest absolute Gasteiger partial charge is 0.493 e. The summed E-state index contributed by atoms with van der Waals surface area (Å²) < 4.78 is 10.9. The quantitative estimate of drug-likeness (QED) is 0.377. The second-order valence-corrected chi connectivity index (χ2v) is 7.56. The van der Waals surface area contributed by atoms with Gasteiger partial charge in [-0.15, -0.1) is 0 Å². The van der Waals surface area contributed by atoms with Crippen LogP contribution in [0.2, 0.25) is 0 Å². The van der Waals surface area contributed by atoms with Gasteiger partial charge in [-0.05, 0) is 42.0 Å². The molecule has 1 saturated heterocycles. The molecule has 1 atom stereocenters. The Bertz CT molecular complexity index is 1250. The van der Waals surface area contributed by atoms with Gasteiger partial charge in [-0.3, -0.25) is 9.97 Å². The second-order valence-electron chi connectivity index (χ2n) is 7.56. The summed E-state index contributed by atoms with van der Waals surface area (Å²) >= 11 is 0. The van der Waals surface area contributed by atoms with Gasteiger partial charge in [0, 0.05) is 53.6 Å². The predicted octanol–water partition coefficient (Wildman–Crippen LogP) is 3.35. The fourth-order valence-electron chi connectivity index (χ4n) is 3.80. The Morgan fingerprint density at radius 2 is 1.80 bits per heavy atom. The number of rotatable bonds is 6. The van der Waals surface area contributed by atoms with Crippen LogP contribution in [0.25, 0.3) is 32.9 Å². The third kappa shape index (κ3) is 3.37. The number of benzene rings is 1. The van der Waals surface area contributed by atoms with Crippen molar-refractivity contribution < 1.29 is 9.47 Å². The number of fused-ring (bicyclic) bond motifs is 3. The standard InChI is InChI=1S/C23H23N5O2/c1-29-21-7-17-16-6-19(14-5-13(9-25-10-14)3-4-15-11-26-15)28-23(24)18(16)12-27-20(17)8-22(21)30-2/h5-10,12,15,26H,3-4,11H2,1-2H3,(H2,24,28)/t15-/m1/s1. The number of nitrogens with two attached hydrogens (primary N) is 1. The summed E-state index contributed by atoms with van der Waals surface area (Å²) in [5, 5.41) is 6.05. The minimum absolute atomic E-state index is 0.444. The molecular formula is C23H23N5O2. The van der Waals surface area contributed by atoms with Gasteiger partial charge < -0.3 is 20.5 Å². The molecular weight excluding hydrogens is 378 g/mol. The molecule has 5 rings (SSSR count). The highest BCUT2D eigenvalue weighted by molar-refractivity contribution is 6.10. The number of pyridine rings is 3. The summed E-state index contributed by atoms with van der Waals surface area (Å²) in [7, 11) is 3.24. The Hall–Kier alpha value is -3.45. The van der Waals surface area contributed by atoms with E-state index < -0.39 is 0 Å². The number of hydrogen-bond acceptors (Lipinski definition) is 7. The van der Waals surface area contributed by atoms with Crippen molar-refractivity contribution in [1.82, 2.24) is 20.3 Å². The maximum absolute atomic E-state index is 6.32. The summed E-state index contributed by atoms with van der Waals surface area (Å²) in [6.45, 7) is 1.12. The first-order chi connectivity index (χ1) is 14.7. The van der Waals surface area contributed by atoms with E-state index in [4.69, 9.17) is 15.2 Å². The van der Waals surface area contributed by atoms with Crippen molar-refractivity contribution in [3.8, 4) is 22.8 Å². The van der Waals surface area contributed by atoms with Gasteiger partial charge >= 0.3 is 0 Å². The van der Waals surface area contributed by atoms with Crippen LogP contribution in [0.15, 0.2) is 42.9 Å². The number of nitrogens with zero attached hydrogens (tertiary/aromatic N) is 3. The average Bonchev–Trinajstić information content (AvgIpc) is 3.61. The molecule has 0 aliphatic carbocycles. The zero-order valence-corrected chi connectivity index (χ0v) is 17.0. The minimum Gasteiger partial charge on any atom is -0.493 e. The van der Waals surface area contributed by atoms with Crippen molar-refractivity contribution >= 4 is 27.5 Å². The number of aryl methyl sites for hydroxylation is 1. The maximum atomic E-state index is 6.32. The zero-order valence-electron chi connectivity index (χ0n) is 17.0. The minimum atomic E-state index is 0.444. The Balaban J connectivity index is 1.64. The molecule has 4 aromatic rings. The zero-order chi connectivity index (χ0) is 20.7. The molecule has 7 heteroatoms. The van der Waals surface area contributed by atoms with Crippen LogP contribution in [0, 0.1) is 0 Å². The van der Waals surface area contributed by atoms with Crippen LogP contribution in [0.3, 0.4) is 0 Å². The van der Waals surface area contributed by atoms with Crippen molar-refractivity contribution in [2.24, 2.45) is 0 Å². The Morgan fingerprint density at radius 3 is 2.57 bits per heavy atom. The van der Waals surface area contributed by atoms with E-state index in [9.17, 15) is 0 Å². The van der Waals surface area contributed by atoms with Crippen LogP contribution in [0.5, 0.6) is 11.5 Å². The molecule has 7 nitrogen and oxygen atoms in total. The van der Waals surface area contributed by atoms with Crippen LogP contribution in [-0.2, 0) is 6.42 Å². The lowest BCUT2D eigenvalue weighted by Crippen LogP contribution is -1.98. The molecule has 1 fully saturated rings. The van der Waals surface area contributed by atoms with E-state index in [-0.39, 0.29) is 0 Å². The van der Waals surface area contributed by atoms with E-state index in [2.05, 4.69) is 26.3 Å². The van der Waals surface area contributed by atoms with Crippen LogP contribution >= 0.6 is 0 Å². The normalized spacial score (nSPS) is 15.5. The third-order valence-corrected chi connectivity index (χ3v) is 5.58. The topological polar surface area (TPSA) is 105 Å². The smallest absolute Gasteiger partial charge is 0.162 e. The first kappa shape index (κ1) is 18.6. The Labute approximate surface area is 174 Å². The van der Waals surface area contributed by atoms with Gasteiger partial charge in [-0.2, -0.15) is 0 Å². The highest BCUT2D eigenvalue weighted by Gasteiger charge is 2.19. The molecule has 1 aliphatic rings. The van der Waals surface area contributed by atoms with E-state index in [1.807, 2.05) is 30.6 Å². The van der Waals surface area contributed by atoms with Gasteiger partial charge in [0.15, 0.2) is 11.5 Å². The highest BCUT2D eigenvalue weighted by Crippen LogP contribution is 2.36. The number of aromatic nitrogens is 3.